The molecular formula is C15H18N2O. The molecule has 1 atom stereocenters. The Balaban J connectivity index is 2.57. The number of nitrogen functional groups attached to an aromatic ring is 1. The van der Waals surface area contributed by atoms with Gasteiger partial charge in [-0.3, -0.25) is 4.79 Å². The minimum absolute atomic E-state index is 0.186. The zero-order chi connectivity index (χ0) is 13.4. The molecule has 0 aliphatic carbocycles. The standard InChI is InChI=1S/C15H18N2O/c1-3-6-14(4-2)17-15(18)10-9-12-7-5-8-13(16)11-12/h2,5,7-11,14H,3,6,16H2,1H3,(H,17,18)/b10-9+. The molecule has 1 aromatic rings. The Morgan fingerprint density at radius 1 is 1.61 bits per heavy atom. The number of hydrogen-bond acceptors (Lipinski definition) is 2. The summed E-state index contributed by atoms with van der Waals surface area (Å²) in [5.74, 6) is 2.37. The van der Waals surface area contributed by atoms with Gasteiger partial charge in [-0.25, -0.2) is 0 Å². The summed E-state index contributed by atoms with van der Waals surface area (Å²) < 4.78 is 0. The van der Waals surface area contributed by atoms with E-state index in [1.165, 1.54) is 6.08 Å². The molecule has 1 amide bonds. The predicted octanol–water partition coefficient (Wildman–Crippen LogP) is 2.20. The molecule has 3 nitrogen and oxygen atoms in total. The molecule has 0 aliphatic heterocycles. The van der Waals surface area contributed by atoms with E-state index in [0.29, 0.717) is 5.69 Å². The minimum Gasteiger partial charge on any atom is -0.399 e. The summed E-state index contributed by atoms with van der Waals surface area (Å²) in [7, 11) is 0. The average Bonchev–Trinajstić information content (AvgIpc) is 2.36. The molecule has 0 saturated carbocycles. The number of hydrogen-bond donors (Lipinski definition) is 2. The van der Waals surface area contributed by atoms with E-state index in [1.54, 1.807) is 18.2 Å². The Bertz CT molecular complexity index is 472. The number of nitrogens with two attached hydrogens (primary N) is 1. The van der Waals surface area contributed by atoms with Crippen molar-refractivity contribution in [1.29, 1.82) is 0 Å². The van der Waals surface area contributed by atoms with Gasteiger partial charge in [0, 0.05) is 11.8 Å². The third-order valence-electron chi connectivity index (χ3n) is 2.43. The van der Waals surface area contributed by atoms with Crippen LogP contribution in [0.1, 0.15) is 25.3 Å². The second-order valence-corrected chi connectivity index (χ2v) is 4.02. The molecule has 0 aliphatic rings. The molecule has 0 radical (unpaired) electrons. The molecule has 3 N–H and O–H groups in total. The van der Waals surface area contributed by atoms with Crippen LogP contribution in [0.25, 0.3) is 6.08 Å². The van der Waals surface area contributed by atoms with Gasteiger partial charge < -0.3 is 11.1 Å². The number of nitrogens with one attached hydrogen (secondary N) is 1. The SMILES string of the molecule is C#CC(CCC)NC(=O)/C=C/c1cccc(N)c1. The molecule has 0 fully saturated rings. The van der Waals surface area contributed by atoms with Crippen molar-refractivity contribution in [3.63, 3.8) is 0 Å². The molecule has 18 heavy (non-hydrogen) atoms. The lowest BCUT2D eigenvalue weighted by molar-refractivity contribution is -0.116. The number of terminal acetylenes is 1. The van der Waals surface area contributed by atoms with E-state index in [4.69, 9.17) is 12.2 Å². The molecule has 0 bridgehead atoms. The van der Waals surface area contributed by atoms with Crippen LogP contribution in [0.4, 0.5) is 5.69 Å². The Morgan fingerprint density at radius 2 is 2.39 bits per heavy atom. The molecule has 0 heterocycles. The second kappa shape index (κ2) is 7.18. The van der Waals surface area contributed by atoms with Gasteiger partial charge in [0.25, 0.3) is 0 Å². The van der Waals surface area contributed by atoms with Gasteiger partial charge in [0.2, 0.25) is 5.91 Å². The fraction of sp³-hybridized carbons (Fsp3) is 0.267. The van der Waals surface area contributed by atoms with E-state index in [9.17, 15) is 4.79 Å². The summed E-state index contributed by atoms with van der Waals surface area (Å²) in [5.41, 5.74) is 7.20. The summed E-state index contributed by atoms with van der Waals surface area (Å²) in [6, 6.07) is 7.12. The number of benzene rings is 1. The summed E-state index contributed by atoms with van der Waals surface area (Å²) in [6.45, 7) is 2.03. The Labute approximate surface area is 108 Å². The highest BCUT2D eigenvalue weighted by atomic mass is 16.1. The average molecular weight is 242 g/mol. The van der Waals surface area contributed by atoms with Crippen molar-refractivity contribution in [3.8, 4) is 12.3 Å². The lowest BCUT2D eigenvalue weighted by Crippen LogP contribution is -2.32. The van der Waals surface area contributed by atoms with E-state index in [-0.39, 0.29) is 11.9 Å². The highest BCUT2D eigenvalue weighted by molar-refractivity contribution is 5.92. The van der Waals surface area contributed by atoms with Crippen molar-refractivity contribution < 1.29 is 4.79 Å². The van der Waals surface area contributed by atoms with E-state index >= 15 is 0 Å². The molecule has 1 aromatic carbocycles. The zero-order valence-corrected chi connectivity index (χ0v) is 10.5. The molecule has 1 rings (SSSR count). The van der Waals surface area contributed by atoms with Crippen LogP contribution < -0.4 is 11.1 Å². The first kappa shape index (κ1) is 13.9. The van der Waals surface area contributed by atoms with Crippen molar-refractivity contribution >= 4 is 17.7 Å². The van der Waals surface area contributed by atoms with Crippen LogP contribution >= 0.6 is 0 Å². The molecule has 0 aromatic heterocycles. The van der Waals surface area contributed by atoms with Gasteiger partial charge in [0.1, 0.15) is 0 Å². The highest BCUT2D eigenvalue weighted by Crippen LogP contribution is 2.07. The predicted molar refractivity (Wildman–Crippen MR) is 75.6 cm³/mol. The van der Waals surface area contributed by atoms with Crippen molar-refractivity contribution in [2.24, 2.45) is 0 Å². The van der Waals surface area contributed by atoms with Gasteiger partial charge >= 0.3 is 0 Å². The molecule has 0 saturated heterocycles. The quantitative estimate of drug-likeness (QED) is 0.472. The Morgan fingerprint density at radius 3 is 3.00 bits per heavy atom. The van der Waals surface area contributed by atoms with Gasteiger partial charge in [-0.1, -0.05) is 31.4 Å². The van der Waals surface area contributed by atoms with Gasteiger partial charge in [0.15, 0.2) is 0 Å². The number of carbonyl (C=O) groups excluding carboxylic acids is 1. The second-order valence-electron chi connectivity index (χ2n) is 4.02. The summed E-state index contributed by atoms with van der Waals surface area (Å²) in [5, 5.41) is 2.76. The fourth-order valence-electron chi connectivity index (χ4n) is 1.54. The smallest absolute Gasteiger partial charge is 0.244 e. The maximum Gasteiger partial charge on any atom is 0.244 e. The monoisotopic (exact) mass is 242 g/mol. The van der Waals surface area contributed by atoms with E-state index in [1.807, 2.05) is 19.1 Å². The number of rotatable bonds is 5. The van der Waals surface area contributed by atoms with Crippen LogP contribution in [0.2, 0.25) is 0 Å². The van der Waals surface area contributed by atoms with Gasteiger partial charge in [-0.2, -0.15) is 0 Å². The van der Waals surface area contributed by atoms with E-state index < -0.39 is 0 Å². The first-order valence-electron chi connectivity index (χ1n) is 5.96. The largest absolute Gasteiger partial charge is 0.399 e. The lowest BCUT2D eigenvalue weighted by atomic mass is 10.1. The maximum absolute atomic E-state index is 11.6. The lowest BCUT2D eigenvalue weighted by Gasteiger charge is -2.09. The Kier molecular flexibility index (Phi) is 5.53. The minimum atomic E-state index is -0.201. The third kappa shape index (κ3) is 4.75. The molecule has 0 spiro atoms. The van der Waals surface area contributed by atoms with Crippen LogP contribution in [0, 0.1) is 12.3 Å². The Hall–Kier alpha value is -2.21. The third-order valence-corrected chi connectivity index (χ3v) is 2.43. The van der Waals surface area contributed by atoms with Crippen molar-refractivity contribution in [2.45, 2.75) is 25.8 Å². The number of anilines is 1. The molecule has 94 valence electrons. The molecule has 3 heteroatoms. The van der Waals surface area contributed by atoms with Crippen LogP contribution in [-0.2, 0) is 4.79 Å². The van der Waals surface area contributed by atoms with Gasteiger partial charge in [-0.05, 0) is 30.2 Å². The molecular weight excluding hydrogens is 224 g/mol. The van der Waals surface area contributed by atoms with E-state index in [2.05, 4.69) is 11.2 Å². The van der Waals surface area contributed by atoms with Crippen LogP contribution in [-0.4, -0.2) is 11.9 Å². The van der Waals surface area contributed by atoms with Crippen molar-refractivity contribution in [3.05, 3.63) is 35.9 Å². The normalized spacial score (nSPS) is 12.0. The number of amides is 1. The summed E-state index contributed by atoms with van der Waals surface area (Å²) in [6.07, 6.45) is 10.2. The first-order chi connectivity index (χ1) is 8.65. The van der Waals surface area contributed by atoms with Crippen LogP contribution in [0.3, 0.4) is 0 Å². The van der Waals surface area contributed by atoms with Gasteiger partial charge in [0.05, 0.1) is 6.04 Å². The highest BCUT2D eigenvalue weighted by Gasteiger charge is 2.05. The number of carbonyl (C=O) groups is 1. The summed E-state index contributed by atoms with van der Waals surface area (Å²) in [4.78, 5) is 11.6. The zero-order valence-electron chi connectivity index (χ0n) is 10.5. The van der Waals surface area contributed by atoms with Crippen molar-refractivity contribution in [2.75, 3.05) is 5.73 Å². The fourth-order valence-corrected chi connectivity index (χ4v) is 1.54. The summed E-state index contributed by atoms with van der Waals surface area (Å²) >= 11 is 0. The van der Waals surface area contributed by atoms with Gasteiger partial charge in [-0.15, -0.1) is 6.42 Å². The molecule has 1 unspecified atom stereocenters. The van der Waals surface area contributed by atoms with E-state index in [0.717, 1.165) is 18.4 Å². The van der Waals surface area contributed by atoms with Crippen molar-refractivity contribution in [1.82, 2.24) is 5.32 Å². The topological polar surface area (TPSA) is 55.1 Å². The van der Waals surface area contributed by atoms with Crippen LogP contribution in [0.5, 0.6) is 0 Å². The van der Waals surface area contributed by atoms with Crippen LogP contribution in [0.15, 0.2) is 30.3 Å². The first-order valence-corrected chi connectivity index (χ1v) is 5.96. The maximum atomic E-state index is 11.6.